The molecule has 1 aromatic carbocycles. The fourth-order valence-corrected chi connectivity index (χ4v) is 1.88. The van der Waals surface area contributed by atoms with Gasteiger partial charge in [-0.25, -0.2) is 9.37 Å². The van der Waals surface area contributed by atoms with E-state index in [0.29, 0.717) is 5.15 Å². The van der Waals surface area contributed by atoms with E-state index in [-0.39, 0.29) is 10.5 Å². The SMILES string of the molecule is CCc1cc2ccc(Cl)c(F)c2nc1Cl. The van der Waals surface area contributed by atoms with E-state index in [0.717, 1.165) is 17.4 Å². The Morgan fingerprint density at radius 2 is 2.07 bits per heavy atom. The molecule has 0 saturated heterocycles. The second-order valence-electron chi connectivity index (χ2n) is 3.22. The molecule has 0 unspecified atom stereocenters. The van der Waals surface area contributed by atoms with E-state index < -0.39 is 5.82 Å². The highest BCUT2D eigenvalue weighted by atomic mass is 35.5. The molecule has 78 valence electrons. The zero-order valence-corrected chi connectivity index (χ0v) is 9.53. The first kappa shape index (κ1) is 10.7. The van der Waals surface area contributed by atoms with Gasteiger partial charge in [-0.05, 0) is 24.1 Å². The van der Waals surface area contributed by atoms with E-state index in [9.17, 15) is 4.39 Å². The van der Waals surface area contributed by atoms with Crippen molar-refractivity contribution < 1.29 is 4.39 Å². The van der Waals surface area contributed by atoms with E-state index in [1.165, 1.54) is 6.07 Å². The van der Waals surface area contributed by atoms with E-state index in [1.807, 2.05) is 13.0 Å². The van der Waals surface area contributed by atoms with Crippen molar-refractivity contribution >= 4 is 34.1 Å². The van der Waals surface area contributed by atoms with Gasteiger partial charge in [-0.3, -0.25) is 0 Å². The minimum Gasteiger partial charge on any atom is -0.233 e. The van der Waals surface area contributed by atoms with Crippen molar-refractivity contribution in [3.05, 3.63) is 39.8 Å². The molecule has 2 aromatic rings. The standard InChI is InChI=1S/C11H8Cl2FN/c1-2-6-5-7-3-4-8(12)9(14)10(7)15-11(6)13/h3-5H,2H2,1H3. The molecule has 0 aliphatic rings. The van der Waals surface area contributed by atoms with Crippen molar-refractivity contribution in [2.24, 2.45) is 0 Å². The number of benzene rings is 1. The van der Waals surface area contributed by atoms with Gasteiger partial charge in [0.25, 0.3) is 0 Å². The third-order valence-corrected chi connectivity index (χ3v) is 2.90. The molecular weight excluding hydrogens is 236 g/mol. The minimum atomic E-state index is -0.515. The first-order valence-electron chi connectivity index (χ1n) is 4.56. The summed E-state index contributed by atoms with van der Waals surface area (Å²) in [7, 11) is 0. The van der Waals surface area contributed by atoms with Crippen LogP contribution in [-0.4, -0.2) is 4.98 Å². The number of halogens is 3. The van der Waals surface area contributed by atoms with Crippen LogP contribution in [0.5, 0.6) is 0 Å². The van der Waals surface area contributed by atoms with E-state index in [4.69, 9.17) is 23.2 Å². The predicted molar refractivity (Wildman–Crippen MR) is 61.1 cm³/mol. The third-order valence-electron chi connectivity index (χ3n) is 2.29. The lowest BCUT2D eigenvalue weighted by molar-refractivity contribution is 0.637. The Morgan fingerprint density at radius 1 is 1.33 bits per heavy atom. The second-order valence-corrected chi connectivity index (χ2v) is 3.99. The number of aromatic nitrogens is 1. The largest absolute Gasteiger partial charge is 0.233 e. The molecule has 0 atom stereocenters. The van der Waals surface area contributed by atoms with E-state index in [2.05, 4.69) is 4.98 Å². The predicted octanol–water partition coefficient (Wildman–Crippen LogP) is 4.24. The van der Waals surface area contributed by atoms with Crippen molar-refractivity contribution in [2.75, 3.05) is 0 Å². The summed E-state index contributed by atoms with van der Waals surface area (Å²) < 4.78 is 13.6. The fourth-order valence-electron chi connectivity index (χ4n) is 1.45. The van der Waals surface area contributed by atoms with Crippen molar-refractivity contribution in [1.82, 2.24) is 4.98 Å². The number of nitrogens with zero attached hydrogens (tertiary/aromatic N) is 1. The van der Waals surface area contributed by atoms with Gasteiger partial charge in [-0.2, -0.15) is 0 Å². The normalized spacial score (nSPS) is 10.9. The molecule has 2 rings (SSSR count). The van der Waals surface area contributed by atoms with Crippen LogP contribution >= 0.6 is 23.2 Å². The Balaban J connectivity index is 2.81. The van der Waals surface area contributed by atoms with Gasteiger partial charge in [0.1, 0.15) is 10.7 Å². The zero-order valence-electron chi connectivity index (χ0n) is 8.02. The van der Waals surface area contributed by atoms with Crippen LogP contribution in [0.15, 0.2) is 18.2 Å². The molecule has 1 nitrogen and oxygen atoms in total. The lowest BCUT2D eigenvalue weighted by atomic mass is 10.1. The molecule has 0 bridgehead atoms. The Bertz CT molecular complexity index is 525. The fraction of sp³-hybridized carbons (Fsp3) is 0.182. The van der Waals surface area contributed by atoms with Crippen LogP contribution < -0.4 is 0 Å². The van der Waals surface area contributed by atoms with Gasteiger partial charge in [-0.15, -0.1) is 0 Å². The first-order chi connectivity index (χ1) is 7.13. The maximum atomic E-state index is 13.6. The smallest absolute Gasteiger partial charge is 0.168 e. The summed E-state index contributed by atoms with van der Waals surface area (Å²) in [6.45, 7) is 1.97. The van der Waals surface area contributed by atoms with Gasteiger partial charge in [0.05, 0.1) is 5.02 Å². The number of fused-ring (bicyclic) bond motifs is 1. The summed E-state index contributed by atoms with van der Waals surface area (Å²) in [5.74, 6) is -0.515. The third kappa shape index (κ3) is 1.80. The monoisotopic (exact) mass is 243 g/mol. The molecule has 0 spiro atoms. The second kappa shape index (κ2) is 3.95. The maximum absolute atomic E-state index is 13.6. The summed E-state index contributed by atoms with van der Waals surface area (Å²) in [6, 6.07) is 5.10. The number of hydrogen-bond donors (Lipinski definition) is 0. The average molecular weight is 244 g/mol. The molecule has 1 heterocycles. The maximum Gasteiger partial charge on any atom is 0.168 e. The molecule has 0 fully saturated rings. The quantitative estimate of drug-likeness (QED) is 0.683. The highest BCUT2D eigenvalue weighted by molar-refractivity contribution is 6.32. The van der Waals surface area contributed by atoms with Crippen LogP contribution in [0, 0.1) is 5.82 Å². The van der Waals surface area contributed by atoms with Gasteiger partial charge in [0.2, 0.25) is 0 Å². The molecular formula is C11H8Cl2FN. The molecule has 0 aliphatic carbocycles. The van der Waals surface area contributed by atoms with Crippen LogP contribution in [0.1, 0.15) is 12.5 Å². The van der Waals surface area contributed by atoms with Gasteiger partial charge in [0.15, 0.2) is 5.82 Å². The van der Waals surface area contributed by atoms with Gasteiger partial charge in [-0.1, -0.05) is 36.2 Å². The van der Waals surface area contributed by atoms with Crippen LogP contribution in [0.3, 0.4) is 0 Å². The van der Waals surface area contributed by atoms with Crippen molar-refractivity contribution in [3.63, 3.8) is 0 Å². The molecule has 0 radical (unpaired) electrons. The molecule has 0 N–H and O–H groups in total. The number of hydrogen-bond acceptors (Lipinski definition) is 1. The minimum absolute atomic E-state index is 0.0651. The highest BCUT2D eigenvalue weighted by Crippen LogP contribution is 2.26. The lowest BCUT2D eigenvalue weighted by Crippen LogP contribution is -1.91. The molecule has 0 amide bonds. The lowest BCUT2D eigenvalue weighted by Gasteiger charge is -2.05. The molecule has 0 saturated carbocycles. The van der Waals surface area contributed by atoms with Gasteiger partial charge in [0, 0.05) is 5.39 Å². The van der Waals surface area contributed by atoms with Crippen molar-refractivity contribution in [3.8, 4) is 0 Å². The van der Waals surface area contributed by atoms with E-state index in [1.54, 1.807) is 6.07 Å². The van der Waals surface area contributed by atoms with Crippen LogP contribution in [-0.2, 0) is 6.42 Å². The van der Waals surface area contributed by atoms with Gasteiger partial charge < -0.3 is 0 Å². The van der Waals surface area contributed by atoms with E-state index >= 15 is 0 Å². The van der Waals surface area contributed by atoms with Crippen molar-refractivity contribution in [2.45, 2.75) is 13.3 Å². The Hall–Kier alpha value is -0.860. The Labute approximate surface area is 96.8 Å². The van der Waals surface area contributed by atoms with Gasteiger partial charge >= 0.3 is 0 Å². The van der Waals surface area contributed by atoms with Crippen molar-refractivity contribution in [1.29, 1.82) is 0 Å². The molecule has 1 aromatic heterocycles. The summed E-state index contributed by atoms with van der Waals surface area (Å²) in [6.07, 6.45) is 0.770. The highest BCUT2D eigenvalue weighted by Gasteiger charge is 2.09. The molecule has 0 aliphatic heterocycles. The molecule has 15 heavy (non-hydrogen) atoms. The summed E-state index contributed by atoms with van der Waals surface area (Å²) in [5.41, 5.74) is 1.13. The summed E-state index contributed by atoms with van der Waals surface area (Å²) >= 11 is 11.6. The Kier molecular flexibility index (Phi) is 2.81. The number of aryl methyl sites for hydroxylation is 1. The number of pyridine rings is 1. The Morgan fingerprint density at radius 3 is 2.73 bits per heavy atom. The zero-order chi connectivity index (χ0) is 11.0. The first-order valence-corrected chi connectivity index (χ1v) is 5.32. The number of rotatable bonds is 1. The average Bonchev–Trinajstić information content (AvgIpc) is 2.24. The van der Waals surface area contributed by atoms with Crippen LogP contribution in [0.25, 0.3) is 10.9 Å². The van der Waals surface area contributed by atoms with Crippen LogP contribution in [0.2, 0.25) is 10.2 Å². The molecule has 4 heteroatoms. The topological polar surface area (TPSA) is 12.9 Å². The van der Waals surface area contributed by atoms with Crippen LogP contribution in [0.4, 0.5) is 4.39 Å². The summed E-state index contributed by atoms with van der Waals surface area (Å²) in [4.78, 5) is 4.01. The summed E-state index contributed by atoms with van der Waals surface area (Å²) in [5, 5.41) is 1.12.